The predicted octanol–water partition coefficient (Wildman–Crippen LogP) is 2.05. The zero-order chi connectivity index (χ0) is 11.0. The Balaban J connectivity index is 2.12. The van der Waals surface area contributed by atoms with Gasteiger partial charge in [0, 0.05) is 6.61 Å². The molecule has 0 radical (unpaired) electrons. The van der Waals surface area contributed by atoms with Crippen LogP contribution in [0.3, 0.4) is 0 Å². The number of hydrogen-bond acceptors (Lipinski definition) is 2. The topological polar surface area (TPSA) is 40.5 Å². The fraction of sp³-hybridized carbons (Fsp3) is 1.00. The van der Waals surface area contributed by atoms with Crippen molar-refractivity contribution in [3.63, 3.8) is 0 Å². The molecule has 2 heteroatoms. The Labute approximate surface area is 92.7 Å². The smallest absolute Gasteiger partial charge is 0.0572 e. The lowest BCUT2D eigenvalue weighted by atomic mass is 9.68. The van der Waals surface area contributed by atoms with Crippen LogP contribution < -0.4 is 0 Å². The molecule has 0 aromatic rings. The van der Waals surface area contributed by atoms with Crippen molar-refractivity contribution in [2.45, 2.75) is 45.6 Å². The maximum atomic E-state index is 10.1. The Morgan fingerprint density at radius 3 is 2.40 bits per heavy atom. The van der Waals surface area contributed by atoms with Gasteiger partial charge in [-0.1, -0.05) is 13.8 Å². The van der Waals surface area contributed by atoms with E-state index in [1.54, 1.807) is 0 Å². The molecule has 2 bridgehead atoms. The molecular formula is C13H24O2. The molecule has 0 amide bonds. The van der Waals surface area contributed by atoms with E-state index in [1.807, 2.05) is 0 Å². The quantitative estimate of drug-likeness (QED) is 0.698. The largest absolute Gasteiger partial charge is 0.396 e. The van der Waals surface area contributed by atoms with Crippen LogP contribution in [0.5, 0.6) is 0 Å². The number of aliphatic hydroxyl groups excluding tert-OH is 2. The molecule has 2 saturated carbocycles. The van der Waals surface area contributed by atoms with Crippen LogP contribution in [0, 0.1) is 29.6 Å². The highest BCUT2D eigenvalue weighted by Crippen LogP contribution is 2.45. The first kappa shape index (κ1) is 11.4. The lowest BCUT2D eigenvalue weighted by Gasteiger charge is -2.38. The van der Waals surface area contributed by atoms with Crippen molar-refractivity contribution in [1.82, 2.24) is 0 Å². The van der Waals surface area contributed by atoms with E-state index in [0.717, 1.165) is 30.6 Å². The second kappa shape index (κ2) is 4.42. The molecule has 4 unspecified atom stereocenters. The zero-order valence-electron chi connectivity index (χ0n) is 9.89. The summed E-state index contributed by atoms with van der Waals surface area (Å²) in [5.74, 6) is 3.06. The maximum absolute atomic E-state index is 10.1. The first-order valence-electron chi connectivity index (χ1n) is 6.40. The number of fused-ring (bicyclic) bond motifs is 2. The van der Waals surface area contributed by atoms with Gasteiger partial charge in [-0.05, 0) is 55.3 Å². The number of rotatable bonds is 1. The highest BCUT2D eigenvalue weighted by Gasteiger charge is 2.40. The molecule has 2 aliphatic rings. The van der Waals surface area contributed by atoms with E-state index in [4.69, 9.17) is 0 Å². The molecule has 0 aromatic heterocycles. The molecule has 0 aliphatic heterocycles. The minimum Gasteiger partial charge on any atom is -0.396 e. The van der Waals surface area contributed by atoms with Gasteiger partial charge in [0.15, 0.2) is 0 Å². The van der Waals surface area contributed by atoms with Crippen molar-refractivity contribution in [3.8, 4) is 0 Å². The standard InChI is InChI=1S/C13H24O2/c1-8-3-12-6-11(9(8)2)4-10(7-14)5-13(12)15/h8-15H,3-7H2,1-2H3/t8?,9-,10?,11-,12?,13?/m1/s1. The van der Waals surface area contributed by atoms with Gasteiger partial charge in [-0.25, -0.2) is 0 Å². The Kier molecular flexibility index (Phi) is 3.36. The number of hydrogen-bond donors (Lipinski definition) is 2. The van der Waals surface area contributed by atoms with Gasteiger partial charge in [0.2, 0.25) is 0 Å². The van der Waals surface area contributed by atoms with Gasteiger partial charge in [0.05, 0.1) is 6.10 Å². The molecule has 88 valence electrons. The van der Waals surface area contributed by atoms with E-state index in [1.165, 1.54) is 12.8 Å². The molecule has 0 saturated heterocycles. The summed E-state index contributed by atoms with van der Waals surface area (Å²) in [5.41, 5.74) is 0. The Morgan fingerprint density at radius 2 is 1.73 bits per heavy atom. The van der Waals surface area contributed by atoms with Crippen molar-refractivity contribution in [2.75, 3.05) is 6.61 Å². The molecule has 0 spiro atoms. The molecule has 2 rings (SSSR count). The molecular weight excluding hydrogens is 188 g/mol. The van der Waals surface area contributed by atoms with Crippen LogP contribution >= 0.6 is 0 Å². The third kappa shape index (κ3) is 2.21. The average Bonchev–Trinajstić information content (AvgIpc) is 2.34. The Bertz CT molecular complexity index is 217. The van der Waals surface area contributed by atoms with Gasteiger partial charge in [0.25, 0.3) is 0 Å². The molecule has 6 atom stereocenters. The van der Waals surface area contributed by atoms with E-state index < -0.39 is 0 Å². The molecule has 2 nitrogen and oxygen atoms in total. The molecule has 15 heavy (non-hydrogen) atoms. The van der Waals surface area contributed by atoms with Crippen LogP contribution in [0.15, 0.2) is 0 Å². The van der Waals surface area contributed by atoms with Gasteiger partial charge in [0.1, 0.15) is 0 Å². The summed E-state index contributed by atoms with van der Waals surface area (Å²) in [5, 5.41) is 19.4. The SMILES string of the molecule is CC1CC2C[C@@H](CC(CO)CC2O)[C@@H]1C. The van der Waals surface area contributed by atoms with Crippen molar-refractivity contribution in [1.29, 1.82) is 0 Å². The molecule has 2 fully saturated rings. The Hall–Kier alpha value is -0.0800. The van der Waals surface area contributed by atoms with E-state index in [2.05, 4.69) is 13.8 Å². The lowest BCUT2D eigenvalue weighted by Crippen LogP contribution is -2.32. The summed E-state index contributed by atoms with van der Waals surface area (Å²) in [6, 6.07) is 0. The van der Waals surface area contributed by atoms with Crippen LogP contribution in [-0.2, 0) is 0 Å². The Morgan fingerprint density at radius 1 is 1.00 bits per heavy atom. The molecule has 0 heterocycles. The van der Waals surface area contributed by atoms with Gasteiger partial charge in [-0.2, -0.15) is 0 Å². The fourth-order valence-electron chi connectivity index (χ4n) is 3.69. The van der Waals surface area contributed by atoms with Gasteiger partial charge in [-0.15, -0.1) is 0 Å². The van der Waals surface area contributed by atoms with Gasteiger partial charge >= 0.3 is 0 Å². The summed E-state index contributed by atoms with van der Waals surface area (Å²) in [7, 11) is 0. The monoisotopic (exact) mass is 212 g/mol. The fourth-order valence-corrected chi connectivity index (χ4v) is 3.69. The normalized spacial score (nSPS) is 51.2. The zero-order valence-corrected chi connectivity index (χ0v) is 9.89. The van der Waals surface area contributed by atoms with Crippen molar-refractivity contribution in [2.24, 2.45) is 29.6 Å². The van der Waals surface area contributed by atoms with Gasteiger partial charge < -0.3 is 10.2 Å². The summed E-state index contributed by atoms with van der Waals surface area (Å²) >= 11 is 0. The van der Waals surface area contributed by atoms with Crippen molar-refractivity contribution >= 4 is 0 Å². The number of aliphatic hydroxyl groups is 2. The molecule has 2 aliphatic carbocycles. The van der Waals surface area contributed by atoms with Crippen LogP contribution in [0.2, 0.25) is 0 Å². The second-order valence-corrected chi connectivity index (χ2v) is 5.92. The highest BCUT2D eigenvalue weighted by molar-refractivity contribution is 4.90. The van der Waals surface area contributed by atoms with Crippen LogP contribution in [-0.4, -0.2) is 22.9 Å². The average molecular weight is 212 g/mol. The summed E-state index contributed by atoms with van der Waals surface area (Å²) in [6.07, 6.45) is 4.13. The predicted molar refractivity (Wildman–Crippen MR) is 60.4 cm³/mol. The second-order valence-electron chi connectivity index (χ2n) is 5.92. The minimum absolute atomic E-state index is 0.165. The van der Waals surface area contributed by atoms with E-state index in [-0.39, 0.29) is 12.7 Å². The van der Waals surface area contributed by atoms with Crippen LogP contribution in [0.4, 0.5) is 0 Å². The lowest BCUT2D eigenvalue weighted by molar-refractivity contribution is 0.0397. The first-order chi connectivity index (χ1) is 7.11. The molecule has 2 N–H and O–H groups in total. The van der Waals surface area contributed by atoms with E-state index in [0.29, 0.717) is 11.8 Å². The van der Waals surface area contributed by atoms with Gasteiger partial charge in [-0.3, -0.25) is 0 Å². The van der Waals surface area contributed by atoms with Crippen molar-refractivity contribution < 1.29 is 10.2 Å². The van der Waals surface area contributed by atoms with E-state index in [9.17, 15) is 10.2 Å². The van der Waals surface area contributed by atoms with E-state index >= 15 is 0 Å². The van der Waals surface area contributed by atoms with Crippen molar-refractivity contribution in [3.05, 3.63) is 0 Å². The third-order valence-electron chi connectivity index (χ3n) is 4.93. The third-order valence-corrected chi connectivity index (χ3v) is 4.93. The maximum Gasteiger partial charge on any atom is 0.0572 e. The first-order valence-corrected chi connectivity index (χ1v) is 6.40. The summed E-state index contributed by atoms with van der Waals surface area (Å²) in [4.78, 5) is 0. The highest BCUT2D eigenvalue weighted by atomic mass is 16.3. The summed E-state index contributed by atoms with van der Waals surface area (Å²) in [6.45, 7) is 4.91. The minimum atomic E-state index is -0.165. The molecule has 0 aromatic carbocycles. The summed E-state index contributed by atoms with van der Waals surface area (Å²) < 4.78 is 0. The van der Waals surface area contributed by atoms with Crippen LogP contribution in [0.25, 0.3) is 0 Å². The van der Waals surface area contributed by atoms with Crippen LogP contribution in [0.1, 0.15) is 39.5 Å².